The quantitative estimate of drug-likeness (QED) is 0.750. The highest BCUT2D eigenvalue weighted by atomic mass is 32.1. The summed E-state index contributed by atoms with van der Waals surface area (Å²) >= 11 is 1.74. The molecular weight excluding hydrogens is 196 g/mol. The number of rotatable bonds is 2. The molecule has 78 valence electrons. The molecule has 1 saturated heterocycles. The van der Waals surface area contributed by atoms with Crippen LogP contribution >= 0.6 is 11.3 Å². The number of methoxy groups -OCH3 is 1. The Morgan fingerprint density at radius 1 is 1.50 bits per heavy atom. The monoisotopic (exact) mass is 212 g/mol. The zero-order valence-corrected chi connectivity index (χ0v) is 9.51. The largest absolute Gasteiger partial charge is 0.381 e. The molecule has 1 aromatic heterocycles. The van der Waals surface area contributed by atoms with Gasteiger partial charge < -0.3 is 9.64 Å². The van der Waals surface area contributed by atoms with Gasteiger partial charge in [0, 0.05) is 25.6 Å². The molecule has 0 spiro atoms. The first-order valence-electron chi connectivity index (χ1n) is 4.99. The van der Waals surface area contributed by atoms with Gasteiger partial charge in [0.25, 0.3) is 0 Å². The SMILES string of the molecule is COC1CCN(c2nc(C)cs2)CC1. The molecule has 1 aromatic rings. The van der Waals surface area contributed by atoms with Gasteiger partial charge in [0.1, 0.15) is 0 Å². The van der Waals surface area contributed by atoms with Crippen LogP contribution in [0.3, 0.4) is 0 Å². The van der Waals surface area contributed by atoms with Crippen LogP contribution in [0.5, 0.6) is 0 Å². The number of nitrogens with zero attached hydrogens (tertiary/aromatic N) is 2. The van der Waals surface area contributed by atoms with Crippen LogP contribution in [0.25, 0.3) is 0 Å². The summed E-state index contributed by atoms with van der Waals surface area (Å²) in [7, 11) is 1.80. The summed E-state index contributed by atoms with van der Waals surface area (Å²) in [5.74, 6) is 0. The van der Waals surface area contributed by atoms with Crippen LogP contribution in [0.4, 0.5) is 5.13 Å². The van der Waals surface area contributed by atoms with Crippen LogP contribution in [0, 0.1) is 6.92 Å². The van der Waals surface area contributed by atoms with Gasteiger partial charge in [0.15, 0.2) is 5.13 Å². The summed E-state index contributed by atoms with van der Waals surface area (Å²) in [5.41, 5.74) is 1.12. The number of ether oxygens (including phenoxy) is 1. The van der Waals surface area contributed by atoms with Gasteiger partial charge in [-0.15, -0.1) is 11.3 Å². The molecule has 1 aliphatic rings. The van der Waals surface area contributed by atoms with E-state index in [0.717, 1.165) is 36.8 Å². The molecule has 0 N–H and O–H groups in total. The molecule has 0 amide bonds. The van der Waals surface area contributed by atoms with E-state index in [1.807, 2.05) is 6.92 Å². The first kappa shape index (κ1) is 9.93. The van der Waals surface area contributed by atoms with Crippen molar-refractivity contribution >= 4 is 16.5 Å². The summed E-state index contributed by atoms with van der Waals surface area (Å²) in [6.07, 6.45) is 2.69. The number of anilines is 1. The Bertz CT molecular complexity index is 292. The van der Waals surface area contributed by atoms with Gasteiger partial charge in [0.05, 0.1) is 11.8 Å². The predicted molar refractivity (Wildman–Crippen MR) is 59.1 cm³/mol. The molecule has 0 atom stereocenters. The number of piperidine rings is 1. The Kier molecular flexibility index (Phi) is 3.03. The molecule has 0 aromatic carbocycles. The first-order valence-corrected chi connectivity index (χ1v) is 5.87. The zero-order chi connectivity index (χ0) is 9.97. The maximum atomic E-state index is 5.34. The highest BCUT2D eigenvalue weighted by Crippen LogP contribution is 2.24. The fourth-order valence-electron chi connectivity index (χ4n) is 1.77. The molecule has 1 fully saturated rings. The minimum absolute atomic E-state index is 0.451. The number of thiazole rings is 1. The second kappa shape index (κ2) is 4.28. The second-order valence-corrected chi connectivity index (χ2v) is 4.53. The lowest BCUT2D eigenvalue weighted by Crippen LogP contribution is -2.36. The molecule has 2 heterocycles. The van der Waals surface area contributed by atoms with Crippen LogP contribution in [0.1, 0.15) is 18.5 Å². The van der Waals surface area contributed by atoms with Crippen LogP contribution in [0.15, 0.2) is 5.38 Å². The number of hydrogen-bond acceptors (Lipinski definition) is 4. The molecule has 1 aliphatic heterocycles. The smallest absolute Gasteiger partial charge is 0.185 e. The number of aromatic nitrogens is 1. The number of aryl methyl sites for hydroxylation is 1. The van der Waals surface area contributed by atoms with Crippen molar-refractivity contribution in [3.05, 3.63) is 11.1 Å². The normalized spacial score (nSPS) is 18.9. The van der Waals surface area contributed by atoms with Gasteiger partial charge in [-0.3, -0.25) is 0 Å². The van der Waals surface area contributed by atoms with E-state index in [1.165, 1.54) is 0 Å². The molecule has 0 unspecified atom stereocenters. The minimum Gasteiger partial charge on any atom is -0.381 e. The van der Waals surface area contributed by atoms with Crippen LogP contribution in [0.2, 0.25) is 0 Å². The molecular formula is C10H16N2OS. The van der Waals surface area contributed by atoms with E-state index < -0.39 is 0 Å². The standard InChI is InChI=1S/C10H16N2OS/c1-8-7-14-10(11-8)12-5-3-9(13-2)4-6-12/h7,9H,3-6H2,1-2H3. The lowest BCUT2D eigenvalue weighted by atomic mass is 10.1. The van der Waals surface area contributed by atoms with Crippen LogP contribution in [-0.4, -0.2) is 31.3 Å². The summed E-state index contributed by atoms with van der Waals surface area (Å²) in [6.45, 7) is 4.19. The second-order valence-electron chi connectivity index (χ2n) is 3.69. The molecule has 2 rings (SSSR count). The van der Waals surface area contributed by atoms with Crippen molar-refractivity contribution < 1.29 is 4.74 Å². The molecule has 4 heteroatoms. The van der Waals surface area contributed by atoms with E-state index >= 15 is 0 Å². The highest BCUT2D eigenvalue weighted by molar-refractivity contribution is 7.13. The van der Waals surface area contributed by atoms with E-state index in [4.69, 9.17) is 4.74 Å². The lowest BCUT2D eigenvalue weighted by molar-refractivity contribution is 0.0819. The minimum atomic E-state index is 0.451. The maximum Gasteiger partial charge on any atom is 0.185 e. The van der Waals surface area contributed by atoms with Crippen molar-refractivity contribution in [3.63, 3.8) is 0 Å². The van der Waals surface area contributed by atoms with Gasteiger partial charge in [-0.1, -0.05) is 0 Å². The van der Waals surface area contributed by atoms with Gasteiger partial charge >= 0.3 is 0 Å². The van der Waals surface area contributed by atoms with Gasteiger partial charge in [-0.2, -0.15) is 0 Å². The molecule has 0 bridgehead atoms. The van der Waals surface area contributed by atoms with Crippen LogP contribution < -0.4 is 4.90 Å². The summed E-state index contributed by atoms with van der Waals surface area (Å²) in [4.78, 5) is 6.84. The van der Waals surface area contributed by atoms with Gasteiger partial charge in [-0.25, -0.2) is 4.98 Å². The third-order valence-corrected chi connectivity index (χ3v) is 3.67. The third-order valence-electron chi connectivity index (χ3n) is 2.65. The summed E-state index contributed by atoms with van der Waals surface area (Å²) in [5, 5.41) is 3.27. The molecule has 0 aliphatic carbocycles. The Balaban J connectivity index is 1.95. The van der Waals surface area contributed by atoms with Gasteiger partial charge in [0.2, 0.25) is 0 Å². The summed E-state index contributed by atoms with van der Waals surface area (Å²) < 4.78 is 5.34. The summed E-state index contributed by atoms with van der Waals surface area (Å²) in [6, 6.07) is 0. The first-order chi connectivity index (χ1) is 6.79. The predicted octanol–water partition coefficient (Wildman–Crippen LogP) is 2.07. The zero-order valence-electron chi connectivity index (χ0n) is 8.69. The van der Waals surface area contributed by atoms with Crippen molar-refractivity contribution in [1.29, 1.82) is 0 Å². The fourth-order valence-corrected chi connectivity index (χ4v) is 2.63. The topological polar surface area (TPSA) is 25.4 Å². The molecule has 3 nitrogen and oxygen atoms in total. The molecule has 0 saturated carbocycles. The Hall–Kier alpha value is -0.610. The Labute approximate surface area is 88.7 Å². The van der Waals surface area contributed by atoms with E-state index in [-0.39, 0.29) is 0 Å². The highest BCUT2D eigenvalue weighted by Gasteiger charge is 2.20. The van der Waals surface area contributed by atoms with E-state index in [0.29, 0.717) is 6.10 Å². The average molecular weight is 212 g/mol. The van der Waals surface area contributed by atoms with Crippen molar-refractivity contribution in [2.24, 2.45) is 0 Å². The van der Waals surface area contributed by atoms with Crippen molar-refractivity contribution in [2.45, 2.75) is 25.9 Å². The van der Waals surface area contributed by atoms with Crippen LogP contribution in [-0.2, 0) is 4.74 Å². The van der Waals surface area contributed by atoms with E-state index in [2.05, 4.69) is 15.3 Å². The van der Waals surface area contributed by atoms with Crippen molar-refractivity contribution in [1.82, 2.24) is 4.98 Å². The lowest BCUT2D eigenvalue weighted by Gasteiger charge is -2.30. The average Bonchev–Trinajstić information content (AvgIpc) is 2.65. The van der Waals surface area contributed by atoms with Crippen molar-refractivity contribution in [3.8, 4) is 0 Å². The van der Waals surface area contributed by atoms with E-state index in [9.17, 15) is 0 Å². The fraction of sp³-hybridized carbons (Fsp3) is 0.700. The third kappa shape index (κ3) is 2.07. The molecule has 14 heavy (non-hydrogen) atoms. The molecule has 0 radical (unpaired) electrons. The Morgan fingerprint density at radius 3 is 2.71 bits per heavy atom. The van der Waals surface area contributed by atoms with Gasteiger partial charge in [-0.05, 0) is 19.8 Å². The number of hydrogen-bond donors (Lipinski definition) is 0. The Morgan fingerprint density at radius 2 is 2.21 bits per heavy atom. The van der Waals surface area contributed by atoms with Crippen molar-refractivity contribution in [2.75, 3.05) is 25.1 Å². The van der Waals surface area contributed by atoms with E-state index in [1.54, 1.807) is 18.4 Å². The maximum absolute atomic E-state index is 5.34.